The minimum absolute atomic E-state index is 0.245. The van der Waals surface area contributed by atoms with Crippen molar-refractivity contribution in [2.75, 3.05) is 13.7 Å². The van der Waals surface area contributed by atoms with Crippen molar-refractivity contribution in [3.63, 3.8) is 0 Å². The molecular formula is C21H21ClO7. The highest BCUT2D eigenvalue weighted by Gasteiger charge is 2.50. The molecule has 8 heteroatoms. The molecule has 0 aliphatic carbocycles. The lowest BCUT2D eigenvalue weighted by atomic mass is 9.85. The van der Waals surface area contributed by atoms with Gasteiger partial charge in [0.2, 0.25) is 0 Å². The van der Waals surface area contributed by atoms with Crippen LogP contribution in [0, 0.1) is 0 Å². The molecule has 154 valence electrons. The normalized spacial score (nSPS) is 28.3. The predicted octanol–water partition coefficient (Wildman–Crippen LogP) is 1.63. The fourth-order valence-electron chi connectivity index (χ4n) is 3.81. The lowest BCUT2D eigenvalue weighted by Crippen LogP contribution is -2.58. The summed E-state index contributed by atoms with van der Waals surface area (Å²) in [6, 6.07) is 10.8. The van der Waals surface area contributed by atoms with Gasteiger partial charge < -0.3 is 29.5 Å². The Morgan fingerprint density at radius 2 is 1.86 bits per heavy atom. The number of aliphatic hydroxyl groups is 3. The number of hydrogen-bond donors (Lipinski definition) is 3. The Morgan fingerprint density at radius 1 is 1.14 bits per heavy atom. The number of methoxy groups -OCH3 is 1. The summed E-state index contributed by atoms with van der Waals surface area (Å²) in [5, 5.41) is 30.3. The molecule has 7 nitrogen and oxygen atoms in total. The molecule has 0 spiro atoms. The summed E-state index contributed by atoms with van der Waals surface area (Å²) in [5.41, 5.74) is 2.53. The van der Waals surface area contributed by atoms with Gasteiger partial charge >= 0.3 is 5.97 Å². The quantitative estimate of drug-likeness (QED) is 0.645. The second-order valence-electron chi connectivity index (χ2n) is 7.18. The average Bonchev–Trinajstić information content (AvgIpc) is 2.73. The van der Waals surface area contributed by atoms with Crippen LogP contribution in [0.4, 0.5) is 0 Å². The maximum Gasteiger partial charge on any atom is 0.339 e. The zero-order valence-electron chi connectivity index (χ0n) is 15.6. The molecule has 2 aliphatic heterocycles. The number of esters is 1. The summed E-state index contributed by atoms with van der Waals surface area (Å²) in [7, 11) is 1.60. The number of aliphatic hydroxyl groups excluding tert-OH is 3. The molecule has 5 unspecified atom stereocenters. The van der Waals surface area contributed by atoms with Crippen molar-refractivity contribution in [3.8, 4) is 5.75 Å². The monoisotopic (exact) mass is 420 g/mol. The molecule has 2 aromatic rings. The molecule has 0 aromatic heterocycles. The Kier molecular flexibility index (Phi) is 5.50. The molecule has 0 radical (unpaired) electrons. The number of ether oxygens (including phenoxy) is 3. The predicted molar refractivity (Wildman–Crippen MR) is 103 cm³/mol. The smallest absolute Gasteiger partial charge is 0.339 e. The first-order chi connectivity index (χ1) is 13.9. The Labute approximate surface area is 172 Å². The van der Waals surface area contributed by atoms with E-state index in [1.165, 1.54) is 6.07 Å². The highest BCUT2D eigenvalue weighted by atomic mass is 35.5. The number of halogens is 1. The highest BCUT2D eigenvalue weighted by molar-refractivity contribution is 6.31. The van der Waals surface area contributed by atoms with Crippen LogP contribution >= 0.6 is 11.6 Å². The largest absolute Gasteiger partial charge is 0.497 e. The van der Waals surface area contributed by atoms with Gasteiger partial charge in [-0.3, -0.25) is 0 Å². The molecule has 3 N–H and O–H groups in total. The molecule has 0 amide bonds. The van der Waals surface area contributed by atoms with Gasteiger partial charge in [-0.2, -0.15) is 0 Å². The number of rotatable bonds is 4. The van der Waals surface area contributed by atoms with Crippen LogP contribution in [-0.2, 0) is 15.9 Å². The maximum absolute atomic E-state index is 12.4. The fraction of sp³-hybridized carbons (Fsp3) is 0.381. The van der Waals surface area contributed by atoms with Crippen molar-refractivity contribution in [2.45, 2.75) is 36.9 Å². The lowest BCUT2D eigenvalue weighted by Gasteiger charge is -2.44. The lowest BCUT2D eigenvalue weighted by molar-refractivity contribution is -0.234. The topological polar surface area (TPSA) is 105 Å². The third-order valence-corrected chi connectivity index (χ3v) is 5.76. The van der Waals surface area contributed by atoms with Crippen molar-refractivity contribution in [1.29, 1.82) is 0 Å². The Morgan fingerprint density at radius 3 is 2.52 bits per heavy atom. The van der Waals surface area contributed by atoms with Crippen molar-refractivity contribution < 1.29 is 34.3 Å². The molecule has 0 bridgehead atoms. The van der Waals surface area contributed by atoms with Crippen LogP contribution < -0.4 is 4.74 Å². The molecule has 1 saturated heterocycles. The first-order valence-electron chi connectivity index (χ1n) is 9.21. The van der Waals surface area contributed by atoms with Crippen molar-refractivity contribution in [1.82, 2.24) is 0 Å². The number of benzene rings is 2. The highest BCUT2D eigenvalue weighted by Crippen LogP contribution is 2.41. The van der Waals surface area contributed by atoms with E-state index in [4.69, 9.17) is 25.8 Å². The van der Waals surface area contributed by atoms with E-state index in [-0.39, 0.29) is 5.56 Å². The second-order valence-corrected chi connectivity index (χ2v) is 7.59. The molecule has 1 fully saturated rings. The van der Waals surface area contributed by atoms with E-state index in [2.05, 4.69) is 0 Å². The minimum Gasteiger partial charge on any atom is -0.497 e. The third kappa shape index (κ3) is 3.60. The molecule has 0 saturated carbocycles. The molecule has 5 atom stereocenters. The SMILES string of the molecule is COc1ccc(Cc2cc3c(cc2Cl)C(=O)OC2C3OC(CO)C(O)C2O)cc1. The third-order valence-electron chi connectivity index (χ3n) is 5.41. The number of fused-ring (bicyclic) bond motifs is 3. The first-order valence-corrected chi connectivity index (χ1v) is 9.59. The van der Waals surface area contributed by atoms with Gasteiger partial charge in [0, 0.05) is 5.02 Å². The van der Waals surface area contributed by atoms with Crippen LogP contribution in [0.25, 0.3) is 0 Å². The van der Waals surface area contributed by atoms with Gasteiger partial charge in [0.05, 0.1) is 19.3 Å². The van der Waals surface area contributed by atoms with Crippen LogP contribution in [0.5, 0.6) is 5.75 Å². The molecule has 2 aliphatic rings. The average molecular weight is 421 g/mol. The van der Waals surface area contributed by atoms with Crippen LogP contribution in [0.15, 0.2) is 36.4 Å². The van der Waals surface area contributed by atoms with E-state index in [1.54, 1.807) is 13.2 Å². The van der Waals surface area contributed by atoms with Crippen molar-refractivity contribution in [2.24, 2.45) is 0 Å². The molecule has 29 heavy (non-hydrogen) atoms. The molecule has 2 heterocycles. The fourth-order valence-corrected chi connectivity index (χ4v) is 4.04. The van der Waals surface area contributed by atoms with Gasteiger partial charge in [-0.25, -0.2) is 4.79 Å². The van der Waals surface area contributed by atoms with Gasteiger partial charge in [-0.05, 0) is 41.3 Å². The Balaban J connectivity index is 1.70. The van der Waals surface area contributed by atoms with Gasteiger partial charge in [0.1, 0.15) is 30.2 Å². The van der Waals surface area contributed by atoms with Gasteiger partial charge in [-0.15, -0.1) is 0 Å². The van der Waals surface area contributed by atoms with Gasteiger partial charge in [0.15, 0.2) is 6.10 Å². The number of hydrogen-bond acceptors (Lipinski definition) is 7. The van der Waals surface area contributed by atoms with E-state index in [0.29, 0.717) is 17.0 Å². The van der Waals surface area contributed by atoms with E-state index >= 15 is 0 Å². The second kappa shape index (κ2) is 7.93. The van der Waals surface area contributed by atoms with Crippen LogP contribution in [0.3, 0.4) is 0 Å². The molecule has 4 rings (SSSR count). The van der Waals surface area contributed by atoms with E-state index in [1.807, 2.05) is 24.3 Å². The van der Waals surface area contributed by atoms with E-state index in [9.17, 15) is 20.1 Å². The van der Waals surface area contributed by atoms with E-state index in [0.717, 1.165) is 16.9 Å². The summed E-state index contributed by atoms with van der Waals surface area (Å²) in [4.78, 5) is 12.4. The van der Waals surface area contributed by atoms with Crippen molar-refractivity contribution in [3.05, 3.63) is 63.7 Å². The van der Waals surface area contributed by atoms with Gasteiger partial charge in [-0.1, -0.05) is 29.8 Å². The summed E-state index contributed by atoms with van der Waals surface area (Å²) in [6.07, 6.45) is -5.09. The standard InChI is InChI=1S/C21H21ClO7/c1-27-12-4-2-10(3-5-12)6-11-7-13-14(8-15(11)22)21(26)29-20-18(25)17(24)16(9-23)28-19(13)20/h2-5,7-8,16-20,23-25H,6,9H2,1H3. The summed E-state index contributed by atoms with van der Waals surface area (Å²) >= 11 is 6.42. The summed E-state index contributed by atoms with van der Waals surface area (Å²) < 4.78 is 16.2. The zero-order chi connectivity index (χ0) is 20.7. The molecule has 2 aromatic carbocycles. The number of carbonyl (C=O) groups is 1. The van der Waals surface area contributed by atoms with Crippen molar-refractivity contribution >= 4 is 17.6 Å². The molecular weight excluding hydrogens is 400 g/mol. The number of carbonyl (C=O) groups excluding carboxylic acids is 1. The first kappa shape index (κ1) is 20.1. The van der Waals surface area contributed by atoms with Crippen LogP contribution in [0.1, 0.15) is 33.2 Å². The minimum atomic E-state index is -1.37. The summed E-state index contributed by atoms with van der Waals surface area (Å²) in [6.45, 7) is -0.475. The van der Waals surface area contributed by atoms with Crippen LogP contribution in [0.2, 0.25) is 5.02 Å². The Bertz CT molecular complexity index is 914. The van der Waals surface area contributed by atoms with Gasteiger partial charge in [0.25, 0.3) is 0 Å². The van der Waals surface area contributed by atoms with E-state index < -0.39 is 43.1 Å². The maximum atomic E-state index is 12.4. The zero-order valence-corrected chi connectivity index (χ0v) is 16.4. The Hall–Kier alpha value is -2.16. The summed E-state index contributed by atoms with van der Waals surface area (Å²) in [5.74, 6) is 0.102. The van der Waals surface area contributed by atoms with Crippen LogP contribution in [-0.4, -0.2) is 59.4 Å².